The Morgan fingerprint density at radius 1 is 1.50 bits per heavy atom. The zero-order valence-corrected chi connectivity index (χ0v) is 11.5. The van der Waals surface area contributed by atoms with E-state index in [-0.39, 0.29) is 19.4 Å². The normalized spacial score (nSPS) is 27.4. The van der Waals surface area contributed by atoms with E-state index in [4.69, 9.17) is 11.6 Å². The fraction of sp³-hybridized carbons (Fsp3) is 0.615. The number of pyridine rings is 1. The minimum atomic E-state index is -4.24. The summed E-state index contributed by atoms with van der Waals surface area (Å²) in [7, 11) is 0. The van der Waals surface area contributed by atoms with Crippen LogP contribution < -0.4 is 5.32 Å². The molecule has 2 atom stereocenters. The van der Waals surface area contributed by atoms with Crippen molar-refractivity contribution in [2.24, 2.45) is 5.92 Å². The summed E-state index contributed by atoms with van der Waals surface area (Å²) in [4.78, 5) is 3.81. The molecule has 0 saturated heterocycles. The molecule has 0 bridgehead atoms. The van der Waals surface area contributed by atoms with Gasteiger partial charge in [0.15, 0.2) is 0 Å². The van der Waals surface area contributed by atoms with Gasteiger partial charge in [0.2, 0.25) is 0 Å². The van der Waals surface area contributed by atoms with Gasteiger partial charge in [-0.15, -0.1) is 0 Å². The molecule has 1 aromatic rings. The number of rotatable bonds is 3. The smallest absolute Gasteiger partial charge is 0.388 e. The molecule has 112 valence electrons. The van der Waals surface area contributed by atoms with Gasteiger partial charge in [-0.3, -0.25) is 0 Å². The van der Waals surface area contributed by atoms with Gasteiger partial charge < -0.3 is 10.4 Å². The average molecular weight is 309 g/mol. The molecule has 1 aromatic heterocycles. The van der Waals surface area contributed by atoms with E-state index in [0.717, 1.165) is 0 Å². The largest absolute Gasteiger partial charge is 0.391 e. The number of alkyl halides is 3. The third-order valence-electron chi connectivity index (χ3n) is 3.63. The number of hydrogen-bond donors (Lipinski definition) is 2. The summed E-state index contributed by atoms with van der Waals surface area (Å²) in [5, 5.41) is 13.5. The second-order valence-electron chi connectivity index (χ2n) is 5.28. The van der Waals surface area contributed by atoms with Crippen LogP contribution in [0.25, 0.3) is 0 Å². The molecule has 1 heterocycles. The topological polar surface area (TPSA) is 45.1 Å². The van der Waals surface area contributed by atoms with Crippen molar-refractivity contribution in [3.8, 4) is 0 Å². The lowest BCUT2D eigenvalue weighted by molar-refractivity contribution is -0.199. The van der Waals surface area contributed by atoms with Gasteiger partial charge in [0, 0.05) is 18.4 Å². The quantitative estimate of drug-likeness (QED) is 0.838. The molecule has 2 rings (SSSR count). The molecular weight excluding hydrogens is 293 g/mol. The summed E-state index contributed by atoms with van der Waals surface area (Å²) in [6, 6.07) is 3.22. The summed E-state index contributed by atoms with van der Waals surface area (Å²) in [6.07, 6.45) is -2.18. The van der Waals surface area contributed by atoms with E-state index in [1.165, 1.54) is 6.20 Å². The van der Waals surface area contributed by atoms with E-state index >= 15 is 0 Å². The average Bonchev–Trinajstić information content (AvgIpc) is 2.36. The van der Waals surface area contributed by atoms with Crippen LogP contribution in [-0.2, 0) is 0 Å². The van der Waals surface area contributed by atoms with E-state index in [2.05, 4.69) is 10.3 Å². The molecular formula is C13H16ClF3N2O. The maximum Gasteiger partial charge on any atom is 0.391 e. The first-order valence-corrected chi connectivity index (χ1v) is 6.81. The number of nitrogens with one attached hydrogen (secondary N) is 1. The van der Waals surface area contributed by atoms with Gasteiger partial charge in [-0.1, -0.05) is 11.6 Å². The predicted octanol–water partition coefficient (Wildman–Crippen LogP) is 3.63. The second-order valence-corrected chi connectivity index (χ2v) is 5.67. The maximum absolute atomic E-state index is 12.7. The Bertz CT molecular complexity index is 469. The molecule has 0 radical (unpaired) electrons. The van der Waals surface area contributed by atoms with Crippen LogP contribution in [0.4, 0.5) is 18.9 Å². The Hall–Kier alpha value is -1.01. The van der Waals surface area contributed by atoms with Gasteiger partial charge in [-0.25, -0.2) is 4.98 Å². The monoisotopic (exact) mass is 308 g/mol. The fourth-order valence-electron chi connectivity index (χ4n) is 2.56. The minimum absolute atomic E-state index is 0.0694. The van der Waals surface area contributed by atoms with Crippen molar-refractivity contribution in [2.45, 2.75) is 37.5 Å². The van der Waals surface area contributed by atoms with Crippen LogP contribution in [0.15, 0.2) is 18.3 Å². The third kappa shape index (κ3) is 3.99. The van der Waals surface area contributed by atoms with E-state index in [0.29, 0.717) is 23.7 Å². The van der Waals surface area contributed by atoms with E-state index < -0.39 is 17.7 Å². The minimum Gasteiger partial charge on any atom is -0.388 e. The number of anilines is 1. The summed E-state index contributed by atoms with van der Waals surface area (Å²) >= 11 is 5.72. The molecule has 3 nitrogen and oxygen atoms in total. The molecule has 1 aliphatic carbocycles. The molecule has 7 heteroatoms. The highest BCUT2D eigenvalue weighted by molar-refractivity contribution is 6.29. The van der Waals surface area contributed by atoms with Crippen molar-refractivity contribution in [1.82, 2.24) is 4.98 Å². The van der Waals surface area contributed by atoms with Gasteiger partial charge in [-0.05, 0) is 37.8 Å². The number of aromatic nitrogens is 1. The first-order chi connectivity index (χ1) is 9.28. The molecule has 0 amide bonds. The number of aliphatic hydroxyl groups is 1. The molecule has 20 heavy (non-hydrogen) atoms. The Kier molecular flexibility index (Phi) is 4.44. The molecule has 2 N–H and O–H groups in total. The first-order valence-electron chi connectivity index (χ1n) is 6.43. The Labute approximate surface area is 120 Å². The van der Waals surface area contributed by atoms with Crippen molar-refractivity contribution >= 4 is 17.3 Å². The standard InChI is InChI=1S/C13H16ClF3N2O/c14-11-6-10(3-5-18-11)19-8-12(20)4-1-2-9(7-12)13(15,16)17/h3,5-6,9,20H,1-2,4,7-8H2,(H,18,19). The van der Waals surface area contributed by atoms with E-state index in [9.17, 15) is 18.3 Å². The van der Waals surface area contributed by atoms with Crippen LogP contribution in [0, 0.1) is 5.92 Å². The highest BCUT2D eigenvalue weighted by atomic mass is 35.5. The predicted molar refractivity (Wildman–Crippen MR) is 70.7 cm³/mol. The number of halogens is 4. The summed E-state index contributed by atoms with van der Waals surface area (Å²) < 4.78 is 38.2. The van der Waals surface area contributed by atoms with E-state index in [1.54, 1.807) is 12.1 Å². The lowest BCUT2D eigenvalue weighted by Crippen LogP contribution is -2.45. The van der Waals surface area contributed by atoms with Gasteiger partial charge in [0.05, 0.1) is 11.5 Å². The van der Waals surface area contributed by atoms with Gasteiger partial charge in [-0.2, -0.15) is 13.2 Å². The maximum atomic E-state index is 12.7. The lowest BCUT2D eigenvalue weighted by Gasteiger charge is -2.37. The molecule has 1 aliphatic rings. The van der Waals surface area contributed by atoms with Gasteiger partial charge in [0.25, 0.3) is 0 Å². The van der Waals surface area contributed by atoms with Crippen LogP contribution in [0.3, 0.4) is 0 Å². The Morgan fingerprint density at radius 2 is 2.25 bits per heavy atom. The van der Waals surface area contributed by atoms with Crippen LogP contribution in [0.2, 0.25) is 5.15 Å². The second kappa shape index (κ2) is 5.77. The zero-order valence-electron chi connectivity index (χ0n) is 10.8. The molecule has 1 fully saturated rings. The van der Waals surface area contributed by atoms with Crippen molar-refractivity contribution in [3.05, 3.63) is 23.5 Å². The SMILES string of the molecule is OC1(CNc2ccnc(Cl)c2)CCCC(C(F)(F)F)C1. The summed E-state index contributed by atoms with van der Waals surface area (Å²) in [6.45, 7) is 0.0694. The lowest BCUT2D eigenvalue weighted by atomic mass is 9.77. The van der Waals surface area contributed by atoms with Gasteiger partial charge >= 0.3 is 6.18 Å². The Morgan fingerprint density at radius 3 is 2.90 bits per heavy atom. The van der Waals surface area contributed by atoms with Crippen molar-refractivity contribution in [2.75, 3.05) is 11.9 Å². The van der Waals surface area contributed by atoms with Crippen molar-refractivity contribution in [1.29, 1.82) is 0 Å². The highest BCUT2D eigenvalue weighted by Gasteiger charge is 2.46. The van der Waals surface area contributed by atoms with Crippen LogP contribution >= 0.6 is 11.6 Å². The first kappa shape index (κ1) is 15.4. The molecule has 0 spiro atoms. The van der Waals surface area contributed by atoms with Crippen LogP contribution in [0.5, 0.6) is 0 Å². The zero-order chi connectivity index (χ0) is 14.8. The summed E-state index contributed by atoms with van der Waals surface area (Å²) in [5.74, 6) is -1.43. The van der Waals surface area contributed by atoms with Gasteiger partial charge in [0.1, 0.15) is 5.15 Å². The third-order valence-corrected chi connectivity index (χ3v) is 3.84. The fourth-order valence-corrected chi connectivity index (χ4v) is 2.73. The molecule has 0 aromatic carbocycles. The summed E-state index contributed by atoms with van der Waals surface area (Å²) in [5.41, 5.74) is -0.707. The Balaban J connectivity index is 1.97. The van der Waals surface area contributed by atoms with Crippen molar-refractivity contribution in [3.63, 3.8) is 0 Å². The molecule has 2 unspecified atom stereocenters. The molecule has 1 saturated carbocycles. The van der Waals surface area contributed by atoms with Crippen LogP contribution in [0.1, 0.15) is 25.7 Å². The highest BCUT2D eigenvalue weighted by Crippen LogP contribution is 2.41. The number of nitrogens with zero attached hydrogens (tertiary/aromatic N) is 1. The van der Waals surface area contributed by atoms with E-state index in [1.807, 2.05) is 0 Å². The molecule has 0 aliphatic heterocycles. The van der Waals surface area contributed by atoms with Crippen LogP contribution in [-0.4, -0.2) is 28.4 Å². The number of hydrogen-bond acceptors (Lipinski definition) is 3. The van der Waals surface area contributed by atoms with Crippen molar-refractivity contribution < 1.29 is 18.3 Å².